The fourth-order valence-corrected chi connectivity index (χ4v) is 3.06. The van der Waals surface area contributed by atoms with Gasteiger partial charge in [-0.2, -0.15) is 10.2 Å². The van der Waals surface area contributed by atoms with Gasteiger partial charge in [0.1, 0.15) is 11.7 Å². The number of hydrogen-bond acceptors (Lipinski definition) is 4. The lowest BCUT2D eigenvalue weighted by atomic mass is 10.0. The van der Waals surface area contributed by atoms with Crippen molar-refractivity contribution in [3.05, 3.63) is 77.2 Å². The maximum Gasteiger partial charge on any atom is 0.267 e. The van der Waals surface area contributed by atoms with Crippen molar-refractivity contribution < 1.29 is 4.79 Å². The summed E-state index contributed by atoms with van der Waals surface area (Å²) >= 11 is 0. The summed E-state index contributed by atoms with van der Waals surface area (Å²) in [7, 11) is 0. The van der Waals surface area contributed by atoms with E-state index in [0.29, 0.717) is 5.69 Å². The van der Waals surface area contributed by atoms with Crippen LogP contribution in [0.5, 0.6) is 0 Å². The summed E-state index contributed by atoms with van der Waals surface area (Å²) in [6.45, 7) is 3.13. The van der Waals surface area contributed by atoms with Gasteiger partial charge in [0.05, 0.1) is 16.8 Å². The largest absolute Gasteiger partial charge is 0.298 e. The molecule has 0 fully saturated rings. The number of nitrogens with zero attached hydrogens (tertiary/aromatic N) is 4. The Kier molecular flexibility index (Phi) is 4.16. The van der Waals surface area contributed by atoms with E-state index in [-0.39, 0.29) is 11.3 Å². The van der Waals surface area contributed by atoms with Crippen LogP contribution in [0.25, 0.3) is 28.0 Å². The lowest BCUT2D eigenvalue weighted by Gasteiger charge is -2.12. The van der Waals surface area contributed by atoms with Crippen molar-refractivity contribution >= 4 is 11.3 Å². The molecule has 0 aliphatic carbocycles. The van der Waals surface area contributed by atoms with Crippen molar-refractivity contribution in [1.29, 1.82) is 0 Å². The lowest BCUT2D eigenvalue weighted by molar-refractivity contribution is -0.120. The van der Waals surface area contributed by atoms with Crippen molar-refractivity contribution in [3.63, 3.8) is 0 Å². The SMILES string of the molecule is CC(=O)C(C)n1nc(-c2c(-c3ccccc3)nn3ccccc23)ccc1=O. The molecule has 0 amide bonds. The van der Waals surface area contributed by atoms with Gasteiger partial charge in [0.2, 0.25) is 0 Å². The highest BCUT2D eigenvalue weighted by Crippen LogP contribution is 2.33. The maximum absolute atomic E-state index is 12.2. The first-order chi connectivity index (χ1) is 13.1. The van der Waals surface area contributed by atoms with Crippen LogP contribution in [0.3, 0.4) is 0 Å². The van der Waals surface area contributed by atoms with Gasteiger partial charge in [0.15, 0.2) is 5.78 Å². The zero-order valence-electron chi connectivity index (χ0n) is 15.0. The predicted molar refractivity (Wildman–Crippen MR) is 104 cm³/mol. The Bertz CT molecular complexity index is 1190. The number of pyridine rings is 1. The van der Waals surface area contributed by atoms with E-state index in [1.807, 2.05) is 54.7 Å². The van der Waals surface area contributed by atoms with Crippen LogP contribution >= 0.6 is 0 Å². The third kappa shape index (κ3) is 2.95. The average molecular weight is 358 g/mol. The minimum absolute atomic E-state index is 0.120. The van der Waals surface area contributed by atoms with Gasteiger partial charge in [0, 0.05) is 17.8 Å². The quantitative estimate of drug-likeness (QED) is 0.561. The van der Waals surface area contributed by atoms with E-state index in [4.69, 9.17) is 5.10 Å². The first-order valence-electron chi connectivity index (χ1n) is 8.70. The molecule has 4 rings (SSSR count). The van der Waals surface area contributed by atoms with Crippen molar-refractivity contribution in [3.8, 4) is 22.5 Å². The van der Waals surface area contributed by atoms with Gasteiger partial charge < -0.3 is 0 Å². The molecule has 3 heterocycles. The summed E-state index contributed by atoms with van der Waals surface area (Å²) in [5, 5.41) is 9.22. The van der Waals surface area contributed by atoms with E-state index in [1.165, 1.54) is 17.7 Å². The van der Waals surface area contributed by atoms with Crippen molar-refractivity contribution in [1.82, 2.24) is 19.4 Å². The van der Waals surface area contributed by atoms with Gasteiger partial charge in [-0.3, -0.25) is 9.59 Å². The zero-order valence-corrected chi connectivity index (χ0v) is 15.0. The summed E-state index contributed by atoms with van der Waals surface area (Å²) in [5.41, 5.74) is 3.73. The van der Waals surface area contributed by atoms with Crippen molar-refractivity contribution in [2.24, 2.45) is 0 Å². The van der Waals surface area contributed by atoms with Crippen LogP contribution in [0.1, 0.15) is 19.9 Å². The minimum atomic E-state index is -0.625. The molecule has 1 aromatic carbocycles. The van der Waals surface area contributed by atoms with Crippen molar-refractivity contribution in [2.45, 2.75) is 19.9 Å². The number of ketones is 1. The van der Waals surface area contributed by atoms with Crippen LogP contribution in [-0.4, -0.2) is 25.2 Å². The molecule has 6 heteroatoms. The van der Waals surface area contributed by atoms with Gasteiger partial charge >= 0.3 is 0 Å². The molecule has 0 N–H and O–H groups in total. The van der Waals surface area contributed by atoms with Gasteiger partial charge in [0.25, 0.3) is 5.56 Å². The fraction of sp³-hybridized carbons (Fsp3) is 0.143. The molecule has 134 valence electrons. The Morgan fingerprint density at radius 3 is 2.44 bits per heavy atom. The molecule has 0 radical (unpaired) electrons. The molecule has 0 aliphatic rings. The van der Waals surface area contributed by atoms with E-state index in [1.54, 1.807) is 17.5 Å². The molecular weight excluding hydrogens is 340 g/mol. The Hall–Kier alpha value is -3.54. The second-order valence-corrected chi connectivity index (χ2v) is 6.41. The second kappa shape index (κ2) is 6.64. The molecule has 0 aliphatic heterocycles. The highest BCUT2D eigenvalue weighted by atomic mass is 16.1. The first-order valence-corrected chi connectivity index (χ1v) is 8.70. The van der Waals surface area contributed by atoms with E-state index in [9.17, 15) is 9.59 Å². The minimum Gasteiger partial charge on any atom is -0.298 e. The summed E-state index contributed by atoms with van der Waals surface area (Å²) in [6, 6.07) is 18.1. The van der Waals surface area contributed by atoms with Crippen LogP contribution in [0.2, 0.25) is 0 Å². The molecule has 0 spiro atoms. The maximum atomic E-state index is 12.2. The van der Waals surface area contributed by atoms with Crippen LogP contribution in [0, 0.1) is 0 Å². The summed E-state index contributed by atoms with van der Waals surface area (Å²) in [4.78, 5) is 24.0. The number of hydrogen-bond donors (Lipinski definition) is 0. The molecule has 1 unspecified atom stereocenters. The molecule has 27 heavy (non-hydrogen) atoms. The Labute approximate surface area is 155 Å². The van der Waals surface area contributed by atoms with Gasteiger partial charge in [-0.1, -0.05) is 36.4 Å². The summed E-state index contributed by atoms with van der Waals surface area (Å²) in [6.07, 6.45) is 1.87. The normalized spacial score (nSPS) is 12.2. The Morgan fingerprint density at radius 1 is 0.963 bits per heavy atom. The first kappa shape index (κ1) is 16.9. The topological polar surface area (TPSA) is 69.3 Å². The highest BCUT2D eigenvalue weighted by Gasteiger charge is 2.20. The highest BCUT2D eigenvalue weighted by molar-refractivity contribution is 5.90. The van der Waals surface area contributed by atoms with Crippen LogP contribution < -0.4 is 5.56 Å². The zero-order chi connectivity index (χ0) is 19.0. The number of fused-ring (bicyclic) bond motifs is 1. The Balaban J connectivity index is 2.01. The summed E-state index contributed by atoms with van der Waals surface area (Å²) < 4.78 is 3.03. The number of rotatable bonds is 4. The standard InChI is InChI=1S/C21H18N4O2/c1-14(15(2)26)25-19(27)12-11-17(22-25)20-18-10-6-7-13-24(18)23-21(20)16-8-4-3-5-9-16/h3-14H,1-2H3. The molecule has 0 saturated heterocycles. The number of aromatic nitrogens is 4. The van der Waals surface area contributed by atoms with E-state index in [2.05, 4.69) is 5.10 Å². The van der Waals surface area contributed by atoms with E-state index in [0.717, 1.165) is 22.3 Å². The van der Waals surface area contributed by atoms with Gasteiger partial charge in [-0.15, -0.1) is 0 Å². The average Bonchev–Trinajstić information content (AvgIpc) is 3.08. The van der Waals surface area contributed by atoms with Gasteiger partial charge in [-0.25, -0.2) is 9.20 Å². The van der Waals surface area contributed by atoms with Crippen LogP contribution in [-0.2, 0) is 4.79 Å². The molecule has 4 aromatic rings. The van der Waals surface area contributed by atoms with E-state index < -0.39 is 6.04 Å². The lowest BCUT2D eigenvalue weighted by Crippen LogP contribution is -2.29. The molecule has 0 bridgehead atoms. The molecule has 3 aromatic heterocycles. The number of carbonyl (C=O) groups excluding carboxylic acids is 1. The number of carbonyl (C=O) groups is 1. The molecule has 1 atom stereocenters. The van der Waals surface area contributed by atoms with Crippen LogP contribution in [0.4, 0.5) is 0 Å². The molecular formula is C21H18N4O2. The third-order valence-electron chi connectivity index (χ3n) is 4.62. The Morgan fingerprint density at radius 2 is 1.70 bits per heavy atom. The van der Waals surface area contributed by atoms with Gasteiger partial charge in [-0.05, 0) is 32.0 Å². The van der Waals surface area contributed by atoms with E-state index >= 15 is 0 Å². The fourth-order valence-electron chi connectivity index (χ4n) is 3.06. The number of benzene rings is 1. The molecule has 0 saturated carbocycles. The smallest absolute Gasteiger partial charge is 0.267 e. The monoisotopic (exact) mass is 358 g/mol. The molecule has 6 nitrogen and oxygen atoms in total. The van der Waals surface area contributed by atoms with Crippen LogP contribution in [0.15, 0.2) is 71.7 Å². The van der Waals surface area contributed by atoms with Crippen molar-refractivity contribution in [2.75, 3.05) is 0 Å². The summed E-state index contributed by atoms with van der Waals surface area (Å²) in [5.74, 6) is -0.120. The second-order valence-electron chi connectivity index (χ2n) is 6.41. The predicted octanol–water partition coefficient (Wildman–Crippen LogP) is 3.38. The third-order valence-corrected chi connectivity index (χ3v) is 4.62. The number of Topliss-reactive ketones (excluding diaryl/α,β-unsaturated/α-hetero) is 1.